The lowest BCUT2D eigenvalue weighted by atomic mass is 10.0. The predicted molar refractivity (Wildman–Crippen MR) is 99.2 cm³/mol. The van der Waals surface area contributed by atoms with Gasteiger partial charge in [-0.25, -0.2) is 4.79 Å². The minimum absolute atomic E-state index is 0.0152. The van der Waals surface area contributed by atoms with Crippen LogP contribution >= 0.6 is 11.6 Å². The van der Waals surface area contributed by atoms with Gasteiger partial charge in [0, 0.05) is 17.3 Å². The highest BCUT2D eigenvalue weighted by Crippen LogP contribution is 2.24. The lowest BCUT2D eigenvalue weighted by Gasteiger charge is -2.41. The van der Waals surface area contributed by atoms with Gasteiger partial charge < -0.3 is 19.9 Å². The van der Waals surface area contributed by atoms with Crippen molar-refractivity contribution in [2.24, 2.45) is 0 Å². The number of methoxy groups -OCH3 is 1. The van der Waals surface area contributed by atoms with Crippen molar-refractivity contribution in [3.8, 4) is 0 Å². The van der Waals surface area contributed by atoms with Crippen LogP contribution in [0.25, 0.3) is 0 Å². The summed E-state index contributed by atoms with van der Waals surface area (Å²) in [5.41, 5.74) is 0.765. The standard InChI is InChI=1S/C18H24ClN3O4/c1-3-4-5-15-11-21(14-8-6-13(19)7-9-14)17(24)12-22(15)16(23)10-20-18(25)26-2/h6-9,15H,3-5,10-12H2,1-2H3,(H,20,25). The van der Waals surface area contributed by atoms with E-state index in [1.807, 2.05) is 0 Å². The molecule has 0 aliphatic carbocycles. The van der Waals surface area contributed by atoms with E-state index in [1.54, 1.807) is 34.1 Å². The number of unbranched alkanes of at least 4 members (excludes halogenated alkanes) is 1. The second kappa shape index (κ2) is 9.43. The Balaban J connectivity index is 2.12. The number of benzene rings is 1. The van der Waals surface area contributed by atoms with Gasteiger partial charge in [0.2, 0.25) is 11.8 Å². The van der Waals surface area contributed by atoms with Crippen molar-refractivity contribution in [3.63, 3.8) is 0 Å². The summed E-state index contributed by atoms with van der Waals surface area (Å²) in [5.74, 6) is -0.452. The first kappa shape index (κ1) is 20.0. The molecule has 26 heavy (non-hydrogen) atoms. The number of carbonyl (C=O) groups excluding carboxylic acids is 3. The number of piperazine rings is 1. The number of hydrogen-bond donors (Lipinski definition) is 1. The number of halogens is 1. The Morgan fingerprint density at radius 2 is 2.00 bits per heavy atom. The molecule has 8 heteroatoms. The number of nitrogens with zero attached hydrogens (tertiary/aromatic N) is 2. The lowest BCUT2D eigenvalue weighted by Crippen LogP contribution is -2.59. The van der Waals surface area contributed by atoms with Crippen LogP contribution in [0.1, 0.15) is 26.2 Å². The molecule has 1 fully saturated rings. The van der Waals surface area contributed by atoms with Crippen LogP contribution < -0.4 is 10.2 Å². The summed E-state index contributed by atoms with van der Waals surface area (Å²) in [6, 6.07) is 6.97. The molecule has 0 radical (unpaired) electrons. The van der Waals surface area contributed by atoms with Gasteiger partial charge in [-0.05, 0) is 30.7 Å². The normalized spacial score (nSPS) is 17.2. The first-order valence-electron chi connectivity index (χ1n) is 8.63. The maximum absolute atomic E-state index is 12.6. The molecule has 2 rings (SSSR count). The zero-order valence-electron chi connectivity index (χ0n) is 15.0. The summed E-state index contributed by atoms with van der Waals surface area (Å²) < 4.78 is 4.48. The van der Waals surface area contributed by atoms with Gasteiger partial charge in [0.1, 0.15) is 13.1 Å². The van der Waals surface area contributed by atoms with E-state index in [9.17, 15) is 14.4 Å². The van der Waals surface area contributed by atoms with Crippen LogP contribution in [-0.2, 0) is 14.3 Å². The summed E-state index contributed by atoms with van der Waals surface area (Å²) in [5, 5.41) is 2.98. The van der Waals surface area contributed by atoms with Crippen molar-refractivity contribution >= 4 is 35.2 Å². The first-order valence-corrected chi connectivity index (χ1v) is 9.01. The fourth-order valence-electron chi connectivity index (χ4n) is 2.94. The molecule has 1 aromatic rings. The quantitative estimate of drug-likeness (QED) is 0.820. The second-order valence-corrected chi connectivity index (χ2v) is 6.58. The molecule has 1 aliphatic heterocycles. The fraction of sp³-hybridized carbons (Fsp3) is 0.500. The number of hydrogen-bond acceptors (Lipinski definition) is 4. The Morgan fingerprint density at radius 3 is 2.62 bits per heavy atom. The molecule has 0 spiro atoms. The monoisotopic (exact) mass is 381 g/mol. The number of ether oxygens (including phenoxy) is 1. The van der Waals surface area contributed by atoms with Gasteiger partial charge in [0.05, 0.1) is 13.2 Å². The highest BCUT2D eigenvalue weighted by molar-refractivity contribution is 6.30. The Bertz CT molecular complexity index is 650. The van der Waals surface area contributed by atoms with Gasteiger partial charge >= 0.3 is 6.09 Å². The number of anilines is 1. The summed E-state index contributed by atoms with van der Waals surface area (Å²) in [4.78, 5) is 39.5. The van der Waals surface area contributed by atoms with Crippen LogP contribution in [0.3, 0.4) is 0 Å². The maximum atomic E-state index is 12.6. The first-order chi connectivity index (χ1) is 12.5. The fourth-order valence-corrected chi connectivity index (χ4v) is 3.07. The van der Waals surface area contributed by atoms with Crippen LogP contribution in [0.4, 0.5) is 10.5 Å². The SMILES string of the molecule is CCCCC1CN(c2ccc(Cl)cc2)C(=O)CN1C(=O)CNC(=O)OC. The molecule has 1 atom stereocenters. The molecular formula is C18H24ClN3O4. The Kier molecular flexibility index (Phi) is 7.26. The summed E-state index contributed by atoms with van der Waals surface area (Å²) in [6.45, 7) is 2.29. The Morgan fingerprint density at radius 1 is 1.31 bits per heavy atom. The van der Waals surface area contributed by atoms with Gasteiger partial charge in [-0.1, -0.05) is 31.4 Å². The summed E-state index contributed by atoms with van der Waals surface area (Å²) in [6.07, 6.45) is 2.06. The number of amides is 3. The van der Waals surface area contributed by atoms with Crippen molar-refractivity contribution < 1.29 is 19.1 Å². The average Bonchev–Trinajstić information content (AvgIpc) is 2.65. The third kappa shape index (κ3) is 5.11. The average molecular weight is 382 g/mol. The van der Waals surface area contributed by atoms with Crippen molar-refractivity contribution in [2.75, 3.05) is 31.6 Å². The number of rotatable bonds is 6. The van der Waals surface area contributed by atoms with Crippen molar-refractivity contribution in [1.29, 1.82) is 0 Å². The number of alkyl carbamates (subject to hydrolysis) is 1. The van der Waals surface area contributed by atoms with E-state index in [0.29, 0.717) is 11.6 Å². The highest BCUT2D eigenvalue weighted by atomic mass is 35.5. The zero-order chi connectivity index (χ0) is 19.1. The number of carbonyl (C=O) groups is 3. The molecule has 1 saturated heterocycles. The molecule has 0 aromatic heterocycles. The third-order valence-corrected chi connectivity index (χ3v) is 4.61. The van der Waals surface area contributed by atoms with E-state index >= 15 is 0 Å². The molecule has 0 bridgehead atoms. The molecule has 1 aliphatic rings. The van der Waals surface area contributed by atoms with Crippen molar-refractivity contribution in [2.45, 2.75) is 32.2 Å². The maximum Gasteiger partial charge on any atom is 0.407 e. The van der Waals surface area contributed by atoms with E-state index < -0.39 is 6.09 Å². The van der Waals surface area contributed by atoms with Crippen molar-refractivity contribution in [1.82, 2.24) is 10.2 Å². The minimum atomic E-state index is -0.672. The molecule has 142 valence electrons. The Hall–Kier alpha value is -2.28. The number of nitrogens with one attached hydrogen (secondary N) is 1. The van der Waals surface area contributed by atoms with Gasteiger partial charge in [-0.3, -0.25) is 9.59 Å². The van der Waals surface area contributed by atoms with Gasteiger partial charge in [-0.15, -0.1) is 0 Å². The molecule has 1 N–H and O–H groups in total. The minimum Gasteiger partial charge on any atom is -0.453 e. The van der Waals surface area contributed by atoms with Gasteiger partial charge in [-0.2, -0.15) is 0 Å². The van der Waals surface area contributed by atoms with Crippen LogP contribution in [0.5, 0.6) is 0 Å². The Labute approximate surface area is 158 Å². The van der Waals surface area contributed by atoms with Crippen molar-refractivity contribution in [3.05, 3.63) is 29.3 Å². The smallest absolute Gasteiger partial charge is 0.407 e. The molecule has 1 aromatic carbocycles. The molecule has 3 amide bonds. The third-order valence-electron chi connectivity index (χ3n) is 4.36. The molecule has 1 heterocycles. The second-order valence-electron chi connectivity index (χ2n) is 6.14. The predicted octanol–water partition coefficient (Wildman–Crippen LogP) is 2.43. The largest absolute Gasteiger partial charge is 0.453 e. The van der Waals surface area contributed by atoms with Crippen LogP contribution in [0.15, 0.2) is 24.3 Å². The molecule has 7 nitrogen and oxygen atoms in total. The molecular weight excluding hydrogens is 358 g/mol. The van der Waals surface area contributed by atoms with E-state index in [-0.39, 0.29) is 30.9 Å². The van der Waals surface area contributed by atoms with Gasteiger partial charge in [0.25, 0.3) is 0 Å². The molecule has 1 unspecified atom stereocenters. The summed E-state index contributed by atoms with van der Waals surface area (Å²) >= 11 is 5.92. The van der Waals surface area contributed by atoms with E-state index in [0.717, 1.165) is 24.9 Å². The van der Waals surface area contributed by atoms with Crippen LogP contribution in [-0.4, -0.2) is 55.6 Å². The lowest BCUT2D eigenvalue weighted by molar-refractivity contribution is -0.139. The van der Waals surface area contributed by atoms with Gasteiger partial charge in [0.15, 0.2) is 0 Å². The van der Waals surface area contributed by atoms with E-state index in [4.69, 9.17) is 11.6 Å². The highest BCUT2D eigenvalue weighted by Gasteiger charge is 2.35. The van der Waals surface area contributed by atoms with Crippen LogP contribution in [0, 0.1) is 0 Å². The van der Waals surface area contributed by atoms with Crippen LogP contribution in [0.2, 0.25) is 5.02 Å². The van der Waals surface area contributed by atoms with E-state index in [2.05, 4.69) is 17.0 Å². The topological polar surface area (TPSA) is 79.0 Å². The summed E-state index contributed by atoms with van der Waals surface area (Å²) in [7, 11) is 1.23. The molecule has 0 saturated carbocycles. The zero-order valence-corrected chi connectivity index (χ0v) is 15.8. The van der Waals surface area contributed by atoms with E-state index in [1.165, 1.54) is 7.11 Å².